The number of ether oxygens (including phenoxy) is 1. The maximum atomic E-state index is 12.4. The minimum atomic E-state index is -3.72. The molecule has 2 aromatic rings. The van der Waals surface area contributed by atoms with Crippen LogP contribution in [0.15, 0.2) is 48.0 Å². The highest BCUT2D eigenvalue weighted by molar-refractivity contribution is 6.20. The highest BCUT2D eigenvalue weighted by Crippen LogP contribution is 2.26. The lowest BCUT2D eigenvalue weighted by Gasteiger charge is -2.10. The number of aromatic nitrogens is 2. The van der Waals surface area contributed by atoms with Crippen molar-refractivity contribution in [1.29, 1.82) is 0 Å². The molecule has 1 aromatic heterocycles. The van der Waals surface area contributed by atoms with E-state index in [1.165, 1.54) is 18.5 Å². The molecule has 0 N–H and O–H groups in total. The summed E-state index contributed by atoms with van der Waals surface area (Å²) in [5.74, 6) is -0.0374. The Labute approximate surface area is 119 Å². The van der Waals surface area contributed by atoms with Crippen molar-refractivity contribution < 1.29 is 13.5 Å². The van der Waals surface area contributed by atoms with Crippen LogP contribution in [0.3, 0.4) is 0 Å². The van der Waals surface area contributed by atoms with Gasteiger partial charge in [-0.1, -0.05) is 0 Å². The molecule has 0 aliphatic carbocycles. The van der Waals surface area contributed by atoms with Crippen molar-refractivity contribution in [3.05, 3.63) is 48.5 Å². The number of nitrogens with zero attached hydrogens (tertiary/aromatic N) is 3. The smallest absolute Gasteiger partial charge is 0.420 e. The number of hydrogen-bond acceptors (Lipinski definition) is 4. The third-order valence-electron chi connectivity index (χ3n) is 2.35. The third-order valence-corrected chi connectivity index (χ3v) is 2.42. The lowest BCUT2D eigenvalue weighted by molar-refractivity contribution is -0.0964. The van der Waals surface area contributed by atoms with Gasteiger partial charge in [-0.25, -0.2) is 9.97 Å². The van der Waals surface area contributed by atoms with Gasteiger partial charge < -0.3 is 4.74 Å². The summed E-state index contributed by atoms with van der Waals surface area (Å²) in [6.45, 7) is 1.80. The molecule has 0 spiro atoms. The number of halogens is 3. The lowest BCUT2D eigenvalue weighted by Crippen LogP contribution is -2.15. The Hall–Kier alpha value is -2.08. The van der Waals surface area contributed by atoms with E-state index < -0.39 is 5.57 Å². The van der Waals surface area contributed by atoms with Gasteiger partial charge in [-0.3, -0.25) is 4.99 Å². The first kappa shape index (κ1) is 14.3. The lowest BCUT2D eigenvalue weighted by atomic mass is 10.2. The van der Waals surface area contributed by atoms with Crippen LogP contribution in [0.5, 0.6) is 5.75 Å². The quantitative estimate of drug-likeness (QED) is 0.637. The second-order valence-corrected chi connectivity index (χ2v) is 4.31. The van der Waals surface area contributed by atoms with Gasteiger partial charge in [0.05, 0.1) is 5.69 Å². The molecule has 20 heavy (non-hydrogen) atoms. The molecule has 0 aliphatic rings. The van der Waals surface area contributed by atoms with E-state index >= 15 is 0 Å². The molecule has 0 bridgehead atoms. The summed E-state index contributed by atoms with van der Waals surface area (Å²) >= 11 is 4.67. The maximum Gasteiger partial charge on any atom is 0.487 e. The van der Waals surface area contributed by atoms with E-state index in [0.717, 1.165) is 5.56 Å². The van der Waals surface area contributed by atoms with Crippen LogP contribution < -0.4 is 4.74 Å². The summed E-state index contributed by atoms with van der Waals surface area (Å²) < 4.78 is 29.1. The molecule has 0 saturated heterocycles. The van der Waals surface area contributed by atoms with Gasteiger partial charge in [-0.05, 0) is 31.2 Å². The van der Waals surface area contributed by atoms with Crippen LogP contribution in [0.25, 0.3) is 0 Å². The maximum absolute atomic E-state index is 12.4. The summed E-state index contributed by atoms with van der Waals surface area (Å²) in [5, 5.41) is 0. The number of aliphatic imine (C=N–C) groups is 1. The summed E-state index contributed by atoms with van der Waals surface area (Å²) in [4.78, 5) is 12.1. The largest absolute Gasteiger partial charge is 0.487 e. The minimum absolute atomic E-state index is 0.0374. The molecule has 1 aromatic carbocycles. The number of hydrogen-bond donors (Lipinski definition) is 0. The number of benzene rings is 1. The van der Waals surface area contributed by atoms with Crippen molar-refractivity contribution in [3.8, 4) is 5.75 Å². The zero-order valence-electron chi connectivity index (χ0n) is 10.4. The van der Waals surface area contributed by atoms with Crippen LogP contribution in [0.1, 0.15) is 12.5 Å². The zero-order valence-corrected chi connectivity index (χ0v) is 11.2. The molecule has 0 atom stereocenters. The van der Waals surface area contributed by atoms with Crippen LogP contribution in [-0.4, -0.2) is 21.2 Å². The number of alkyl halides is 3. The van der Waals surface area contributed by atoms with Crippen molar-refractivity contribution in [2.75, 3.05) is 0 Å². The Kier molecular flexibility index (Phi) is 4.24. The molecular formula is C13H10ClF2N3O. The van der Waals surface area contributed by atoms with Gasteiger partial charge in [0.1, 0.15) is 12.1 Å². The van der Waals surface area contributed by atoms with Gasteiger partial charge in [0.2, 0.25) is 0 Å². The Balaban J connectivity index is 2.15. The normalized spacial score (nSPS) is 12.3. The molecule has 0 radical (unpaired) electrons. The van der Waals surface area contributed by atoms with Crippen LogP contribution in [0.4, 0.5) is 14.5 Å². The van der Waals surface area contributed by atoms with Gasteiger partial charge in [-0.15, -0.1) is 8.78 Å². The molecule has 4 nitrogen and oxygen atoms in total. The van der Waals surface area contributed by atoms with Gasteiger partial charge >= 0.3 is 5.57 Å². The van der Waals surface area contributed by atoms with E-state index in [-0.39, 0.29) is 5.75 Å². The summed E-state index contributed by atoms with van der Waals surface area (Å²) in [6.07, 6.45) is 4.70. The van der Waals surface area contributed by atoms with Gasteiger partial charge in [0.15, 0.2) is 0 Å². The van der Waals surface area contributed by atoms with E-state index in [2.05, 4.69) is 31.3 Å². The predicted octanol–water partition coefficient (Wildman–Crippen LogP) is 3.79. The molecule has 0 amide bonds. The molecule has 7 heteroatoms. The van der Waals surface area contributed by atoms with Crippen LogP contribution in [0, 0.1) is 0 Å². The van der Waals surface area contributed by atoms with Gasteiger partial charge in [-0.2, -0.15) is 0 Å². The summed E-state index contributed by atoms with van der Waals surface area (Å²) in [5.41, 5.74) is -1.64. The molecule has 0 unspecified atom stereocenters. The van der Waals surface area contributed by atoms with E-state index in [1.807, 2.05) is 0 Å². The Morgan fingerprint density at radius 2 is 1.80 bits per heavy atom. The second kappa shape index (κ2) is 5.92. The van der Waals surface area contributed by atoms with Gasteiger partial charge in [0.25, 0.3) is 0 Å². The van der Waals surface area contributed by atoms with Crippen molar-refractivity contribution in [2.45, 2.75) is 12.5 Å². The minimum Gasteiger partial charge on any atom is -0.420 e. The van der Waals surface area contributed by atoms with E-state index in [9.17, 15) is 8.78 Å². The standard InChI is InChI=1S/C13H10ClF2N3O/c1-9(10-6-17-8-18-7-10)19-11-2-4-12(5-3-11)20-13(14,15)16/h2-8H,1H3. The SMILES string of the molecule is CC(=Nc1ccc(OC(F)(F)Cl)cc1)c1cncnc1. The van der Waals surface area contributed by atoms with Crippen molar-refractivity contribution >= 4 is 23.0 Å². The fourth-order valence-corrected chi connectivity index (χ4v) is 1.56. The van der Waals surface area contributed by atoms with Crippen LogP contribution in [0.2, 0.25) is 0 Å². The zero-order chi connectivity index (χ0) is 14.6. The van der Waals surface area contributed by atoms with E-state index in [1.54, 1.807) is 31.5 Å². The van der Waals surface area contributed by atoms with Crippen LogP contribution in [-0.2, 0) is 0 Å². The summed E-state index contributed by atoms with van der Waals surface area (Å²) in [6, 6.07) is 5.82. The molecule has 0 aliphatic heterocycles. The fraction of sp³-hybridized carbons (Fsp3) is 0.154. The first-order chi connectivity index (χ1) is 9.44. The molecule has 1 heterocycles. The van der Waals surface area contributed by atoms with E-state index in [0.29, 0.717) is 11.4 Å². The fourth-order valence-electron chi connectivity index (χ4n) is 1.47. The Morgan fingerprint density at radius 3 is 2.35 bits per heavy atom. The Morgan fingerprint density at radius 1 is 1.20 bits per heavy atom. The molecule has 0 fully saturated rings. The predicted molar refractivity (Wildman–Crippen MR) is 71.8 cm³/mol. The van der Waals surface area contributed by atoms with Crippen molar-refractivity contribution in [1.82, 2.24) is 9.97 Å². The highest BCUT2D eigenvalue weighted by Gasteiger charge is 2.27. The Bertz CT molecular complexity index is 597. The average Bonchev–Trinajstić information content (AvgIpc) is 2.40. The average molecular weight is 298 g/mol. The number of rotatable bonds is 4. The first-order valence-electron chi connectivity index (χ1n) is 5.60. The highest BCUT2D eigenvalue weighted by atomic mass is 35.5. The summed E-state index contributed by atoms with van der Waals surface area (Å²) in [7, 11) is 0. The third kappa shape index (κ3) is 4.24. The van der Waals surface area contributed by atoms with Gasteiger partial charge in [0, 0.05) is 35.3 Å². The van der Waals surface area contributed by atoms with E-state index in [4.69, 9.17) is 0 Å². The molecule has 2 rings (SSSR count). The molecular weight excluding hydrogens is 288 g/mol. The molecule has 104 valence electrons. The van der Waals surface area contributed by atoms with Crippen LogP contribution >= 0.6 is 11.6 Å². The van der Waals surface area contributed by atoms with Crippen molar-refractivity contribution in [3.63, 3.8) is 0 Å². The molecule has 0 saturated carbocycles. The topological polar surface area (TPSA) is 47.4 Å². The second-order valence-electron chi connectivity index (χ2n) is 3.87. The van der Waals surface area contributed by atoms with Crippen molar-refractivity contribution in [2.24, 2.45) is 4.99 Å². The monoisotopic (exact) mass is 297 g/mol. The first-order valence-corrected chi connectivity index (χ1v) is 5.98.